The third-order valence-corrected chi connectivity index (χ3v) is 3.96. The molecule has 3 rings (SSSR count). The van der Waals surface area contributed by atoms with Crippen LogP contribution in [0.1, 0.15) is 28.2 Å². The lowest BCUT2D eigenvalue weighted by Crippen LogP contribution is -2.06. The Morgan fingerprint density at radius 3 is 2.67 bits per heavy atom. The molecule has 0 bridgehead atoms. The topological polar surface area (TPSA) is 12.0 Å². The van der Waals surface area contributed by atoms with Crippen molar-refractivity contribution in [2.45, 2.75) is 18.8 Å². The van der Waals surface area contributed by atoms with Crippen molar-refractivity contribution in [3.63, 3.8) is 0 Å². The molecular formula is C19H18FN. The van der Waals surface area contributed by atoms with Crippen LogP contribution in [0.2, 0.25) is 0 Å². The standard InChI is InChI=1S/C19H18FN/c1-21-12-4-7-18-17-6-3-2-5-14(17)8-9-15-10-11-16(20)13-19(15)18/h2-3,5-6,10-11,13,18,21H,8-9,12H2,1H3. The van der Waals surface area contributed by atoms with E-state index in [0.717, 1.165) is 18.4 Å². The molecule has 0 heterocycles. The Labute approximate surface area is 125 Å². The van der Waals surface area contributed by atoms with E-state index >= 15 is 0 Å². The molecule has 0 amide bonds. The molecule has 0 saturated carbocycles. The Balaban J connectivity index is 2.15. The molecule has 1 N–H and O–H groups in total. The van der Waals surface area contributed by atoms with E-state index in [2.05, 4.69) is 35.4 Å². The summed E-state index contributed by atoms with van der Waals surface area (Å²) >= 11 is 0. The Bertz CT molecular complexity index is 709. The van der Waals surface area contributed by atoms with Gasteiger partial charge in [-0.15, -0.1) is 0 Å². The number of halogens is 1. The van der Waals surface area contributed by atoms with Gasteiger partial charge in [0.15, 0.2) is 0 Å². The molecule has 21 heavy (non-hydrogen) atoms. The van der Waals surface area contributed by atoms with Gasteiger partial charge in [-0.1, -0.05) is 42.2 Å². The fourth-order valence-corrected chi connectivity index (χ4v) is 2.94. The third kappa shape index (κ3) is 2.84. The number of hydrogen-bond acceptors (Lipinski definition) is 1. The lowest BCUT2D eigenvalue weighted by atomic mass is 9.88. The maximum absolute atomic E-state index is 13.7. The highest BCUT2D eigenvalue weighted by Crippen LogP contribution is 2.34. The highest BCUT2D eigenvalue weighted by atomic mass is 19.1. The van der Waals surface area contributed by atoms with E-state index in [4.69, 9.17) is 0 Å². The molecule has 1 unspecified atom stereocenters. The average Bonchev–Trinajstić information content (AvgIpc) is 2.65. The molecule has 1 atom stereocenters. The lowest BCUT2D eigenvalue weighted by molar-refractivity contribution is 0.624. The second-order valence-corrected chi connectivity index (χ2v) is 5.33. The molecule has 0 aromatic heterocycles. The van der Waals surface area contributed by atoms with Crippen molar-refractivity contribution in [3.8, 4) is 11.8 Å². The summed E-state index contributed by atoms with van der Waals surface area (Å²) in [7, 11) is 1.88. The SMILES string of the molecule is CNCC#CC1c2ccccc2CCc2ccc(F)cc21. The van der Waals surface area contributed by atoms with Gasteiger partial charge in [-0.3, -0.25) is 0 Å². The van der Waals surface area contributed by atoms with Gasteiger partial charge in [0, 0.05) is 0 Å². The number of fused-ring (bicyclic) bond motifs is 2. The van der Waals surface area contributed by atoms with Gasteiger partial charge in [-0.25, -0.2) is 4.39 Å². The molecule has 1 aliphatic carbocycles. The van der Waals surface area contributed by atoms with E-state index in [9.17, 15) is 4.39 Å². The van der Waals surface area contributed by atoms with Crippen LogP contribution in [0.4, 0.5) is 4.39 Å². The number of aryl methyl sites for hydroxylation is 2. The minimum atomic E-state index is -0.187. The molecular weight excluding hydrogens is 261 g/mol. The molecule has 2 heteroatoms. The Hall–Kier alpha value is -2.11. The van der Waals surface area contributed by atoms with Crippen molar-refractivity contribution in [3.05, 3.63) is 70.5 Å². The number of benzene rings is 2. The number of hydrogen-bond donors (Lipinski definition) is 1. The summed E-state index contributed by atoms with van der Waals surface area (Å²) in [5, 5.41) is 3.03. The van der Waals surface area contributed by atoms with Gasteiger partial charge in [0.25, 0.3) is 0 Å². The zero-order valence-corrected chi connectivity index (χ0v) is 12.1. The quantitative estimate of drug-likeness (QED) is 0.790. The Kier molecular flexibility index (Phi) is 4.03. The Morgan fingerprint density at radius 1 is 1.10 bits per heavy atom. The highest BCUT2D eigenvalue weighted by molar-refractivity contribution is 5.50. The Morgan fingerprint density at radius 2 is 1.86 bits per heavy atom. The lowest BCUT2D eigenvalue weighted by Gasteiger charge is -2.15. The van der Waals surface area contributed by atoms with Crippen LogP contribution in [0.25, 0.3) is 0 Å². The molecule has 106 valence electrons. The molecule has 0 spiro atoms. The molecule has 1 nitrogen and oxygen atoms in total. The number of nitrogens with one attached hydrogen (secondary N) is 1. The maximum atomic E-state index is 13.7. The second-order valence-electron chi connectivity index (χ2n) is 5.33. The predicted octanol–water partition coefficient (Wildman–Crippen LogP) is 3.28. The average molecular weight is 279 g/mol. The first-order chi connectivity index (χ1) is 10.3. The van der Waals surface area contributed by atoms with E-state index < -0.39 is 0 Å². The molecule has 0 aliphatic heterocycles. The summed E-state index contributed by atoms with van der Waals surface area (Å²) in [6.07, 6.45) is 1.93. The van der Waals surface area contributed by atoms with Crippen LogP contribution in [-0.2, 0) is 12.8 Å². The van der Waals surface area contributed by atoms with E-state index in [0.29, 0.717) is 6.54 Å². The molecule has 2 aromatic rings. The van der Waals surface area contributed by atoms with Crippen LogP contribution in [-0.4, -0.2) is 13.6 Å². The van der Waals surface area contributed by atoms with Gasteiger partial charge >= 0.3 is 0 Å². The van der Waals surface area contributed by atoms with Gasteiger partial charge < -0.3 is 5.32 Å². The zero-order chi connectivity index (χ0) is 14.7. The molecule has 2 aromatic carbocycles. The first kappa shape index (κ1) is 13.9. The second kappa shape index (κ2) is 6.11. The van der Waals surface area contributed by atoms with Crippen molar-refractivity contribution in [1.82, 2.24) is 5.32 Å². The van der Waals surface area contributed by atoms with Crippen LogP contribution in [0.3, 0.4) is 0 Å². The predicted molar refractivity (Wildman–Crippen MR) is 83.8 cm³/mol. The first-order valence-corrected chi connectivity index (χ1v) is 7.28. The highest BCUT2D eigenvalue weighted by Gasteiger charge is 2.22. The number of rotatable bonds is 1. The van der Waals surface area contributed by atoms with Crippen LogP contribution in [0.15, 0.2) is 42.5 Å². The monoisotopic (exact) mass is 279 g/mol. The van der Waals surface area contributed by atoms with E-state index in [-0.39, 0.29) is 11.7 Å². The van der Waals surface area contributed by atoms with Gasteiger partial charge in [0.2, 0.25) is 0 Å². The van der Waals surface area contributed by atoms with Gasteiger partial charge in [0.05, 0.1) is 12.5 Å². The van der Waals surface area contributed by atoms with Crippen LogP contribution in [0.5, 0.6) is 0 Å². The molecule has 1 aliphatic rings. The fourth-order valence-electron chi connectivity index (χ4n) is 2.94. The molecule has 0 fully saturated rings. The van der Waals surface area contributed by atoms with Gasteiger partial charge in [-0.05, 0) is 54.3 Å². The van der Waals surface area contributed by atoms with Gasteiger partial charge in [-0.2, -0.15) is 0 Å². The van der Waals surface area contributed by atoms with Crippen molar-refractivity contribution >= 4 is 0 Å². The summed E-state index contributed by atoms with van der Waals surface area (Å²) < 4.78 is 13.7. The van der Waals surface area contributed by atoms with Crippen molar-refractivity contribution in [1.29, 1.82) is 0 Å². The fraction of sp³-hybridized carbons (Fsp3) is 0.263. The van der Waals surface area contributed by atoms with E-state index in [1.54, 1.807) is 12.1 Å². The minimum Gasteiger partial charge on any atom is -0.309 e. The van der Waals surface area contributed by atoms with E-state index in [1.807, 2.05) is 19.2 Å². The smallest absolute Gasteiger partial charge is 0.123 e. The summed E-state index contributed by atoms with van der Waals surface area (Å²) in [6.45, 7) is 0.642. The molecule has 0 saturated heterocycles. The van der Waals surface area contributed by atoms with Crippen LogP contribution >= 0.6 is 0 Å². The van der Waals surface area contributed by atoms with Gasteiger partial charge in [0.1, 0.15) is 5.82 Å². The summed E-state index contributed by atoms with van der Waals surface area (Å²) in [5.41, 5.74) is 4.75. The summed E-state index contributed by atoms with van der Waals surface area (Å²) in [6, 6.07) is 13.5. The normalized spacial score (nSPS) is 16.2. The zero-order valence-electron chi connectivity index (χ0n) is 12.1. The van der Waals surface area contributed by atoms with Crippen molar-refractivity contribution in [2.75, 3.05) is 13.6 Å². The first-order valence-electron chi connectivity index (χ1n) is 7.28. The van der Waals surface area contributed by atoms with E-state index in [1.165, 1.54) is 16.7 Å². The maximum Gasteiger partial charge on any atom is 0.123 e. The largest absolute Gasteiger partial charge is 0.309 e. The van der Waals surface area contributed by atoms with Crippen LogP contribution < -0.4 is 5.32 Å². The van der Waals surface area contributed by atoms with Crippen molar-refractivity contribution in [2.24, 2.45) is 0 Å². The summed E-state index contributed by atoms with van der Waals surface area (Å²) in [5.74, 6) is 6.25. The van der Waals surface area contributed by atoms with Crippen molar-refractivity contribution < 1.29 is 4.39 Å². The minimum absolute atomic E-state index is 0.0391. The van der Waals surface area contributed by atoms with Crippen LogP contribution in [0, 0.1) is 17.7 Å². The summed E-state index contributed by atoms with van der Waals surface area (Å²) in [4.78, 5) is 0. The third-order valence-electron chi connectivity index (χ3n) is 3.96. The molecule has 0 radical (unpaired) electrons.